The Kier molecular flexibility index (Phi) is 7.45. The maximum atomic E-state index is 12.5. The fraction of sp³-hybridized carbons (Fsp3) is 0.217. The van der Waals surface area contributed by atoms with Crippen molar-refractivity contribution in [2.75, 3.05) is 12.4 Å². The zero-order chi connectivity index (χ0) is 23.1. The maximum absolute atomic E-state index is 12.5. The number of anilines is 1. The van der Waals surface area contributed by atoms with Crippen molar-refractivity contribution in [3.8, 4) is 5.75 Å². The molecular formula is C23H24N2O6S. The number of furan rings is 1. The van der Waals surface area contributed by atoms with Crippen molar-refractivity contribution in [2.45, 2.75) is 31.2 Å². The molecule has 0 bridgehead atoms. The number of nitrogens with one attached hydrogen (secondary N) is 2. The van der Waals surface area contributed by atoms with Gasteiger partial charge in [-0.15, -0.1) is 0 Å². The third-order valence-corrected chi connectivity index (χ3v) is 6.08. The average Bonchev–Trinajstić information content (AvgIpc) is 3.30. The minimum atomic E-state index is -3.80. The molecule has 1 amide bonds. The van der Waals surface area contributed by atoms with Crippen LogP contribution in [0.2, 0.25) is 0 Å². The monoisotopic (exact) mass is 456 g/mol. The van der Waals surface area contributed by atoms with E-state index in [4.69, 9.17) is 9.15 Å². The lowest BCUT2D eigenvalue weighted by molar-refractivity contribution is -0.116. The van der Waals surface area contributed by atoms with Crippen LogP contribution in [-0.4, -0.2) is 27.2 Å². The van der Waals surface area contributed by atoms with Crippen LogP contribution >= 0.6 is 0 Å². The van der Waals surface area contributed by atoms with Gasteiger partial charge in [0.05, 0.1) is 30.4 Å². The Morgan fingerprint density at radius 2 is 1.84 bits per heavy atom. The van der Waals surface area contributed by atoms with Crippen molar-refractivity contribution in [2.24, 2.45) is 0 Å². The van der Waals surface area contributed by atoms with E-state index in [9.17, 15) is 18.0 Å². The summed E-state index contributed by atoms with van der Waals surface area (Å²) in [7, 11) is -2.31. The summed E-state index contributed by atoms with van der Waals surface area (Å²) < 4.78 is 37.8. The molecule has 8 nitrogen and oxygen atoms in total. The standard InChI is InChI=1S/C23H24N2O6S/c1-16-8-10-22(30-2)20(13-16)21(26)9-11-23(27)25-17-5-3-7-19(14-17)32(28,29)24-15-18-6-4-12-31-18/h3-8,10,12-14,24H,9,11,15H2,1-2H3,(H,25,27). The molecule has 3 aromatic rings. The molecule has 32 heavy (non-hydrogen) atoms. The van der Waals surface area contributed by atoms with Crippen molar-refractivity contribution in [1.29, 1.82) is 0 Å². The van der Waals surface area contributed by atoms with Gasteiger partial charge in [-0.3, -0.25) is 9.59 Å². The SMILES string of the molecule is COc1ccc(C)cc1C(=O)CCC(=O)Nc1cccc(S(=O)(=O)NCc2ccco2)c1. The third kappa shape index (κ3) is 6.05. The number of methoxy groups -OCH3 is 1. The molecule has 0 aliphatic carbocycles. The second kappa shape index (κ2) is 10.3. The highest BCUT2D eigenvalue weighted by Crippen LogP contribution is 2.22. The van der Waals surface area contributed by atoms with E-state index in [0.717, 1.165) is 5.56 Å². The van der Waals surface area contributed by atoms with E-state index >= 15 is 0 Å². The van der Waals surface area contributed by atoms with E-state index in [0.29, 0.717) is 22.8 Å². The highest BCUT2D eigenvalue weighted by molar-refractivity contribution is 7.89. The smallest absolute Gasteiger partial charge is 0.241 e. The van der Waals surface area contributed by atoms with E-state index in [1.165, 1.54) is 31.6 Å². The van der Waals surface area contributed by atoms with Crippen LogP contribution in [0.4, 0.5) is 5.69 Å². The topological polar surface area (TPSA) is 115 Å². The second-order valence-electron chi connectivity index (χ2n) is 7.11. The molecular weight excluding hydrogens is 432 g/mol. The molecule has 0 radical (unpaired) electrons. The van der Waals surface area contributed by atoms with Gasteiger partial charge in [0.2, 0.25) is 15.9 Å². The largest absolute Gasteiger partial charge is 0.496 e. The molecule has 9 heteroatoms. The van der Waals surface area contributed by atoms with Crippen LogP contribution in [0, 0.1) is 6.92 Å². The molecule has 0 aliphatic rings. The number of ether oxygens (including phenoxy) is 1. The third-order valence-electron chi connectivity index (χ3n) is 4.68. The first kappa shape index (κ1) is 23.2. The van der Waals surface area contributed by atoms with E-state index in [1.807, 2.05) is 13.0 Å². The lowest BCUT2D eigenvalue weighted by atomic mass is 10.0. The number of ketones is 1. The first-order valence-corrected chi connectivity index (χ1v) is 11.4. The zero-order valence-electron chi connectivity index (χ0n) is 17.8. The molecule has 0 spiro atoms. The minimum Gasteiger partial charge on any atom is -0.496 e. The number of hydrogen-bond acceptors (Lipinski definition) is 6. The van der Waals surface area contributed by atoms with Crippen LogP contribution in [0.1, 0.15) is 34.5 Å². The number of amides is 1. The Labute approximate surface area is 186 Å². The fourth-order valence-corrected chi connectivity index (χ4v) is 4.07. The van der Waals surface area contributed by atoms with Crippen LogP contribution in [-0.2, 0) is 21.4 Å². The second-order valence-corrected chi connectivity index (χ2v) is 8.87. The maximum Gasteiger partial charge on any atom is 0.241 e. The van der Waals surface area contributed by atoms with Crippen LogP contribution < -0.4 is 14.8 Å². The van der Waals surface area contributed by atoms with Gasteiger partial charge in [-0.05, 0) is 49.4 Å². The Morgan fingerprint density at radius 1 is 1.03 bits per heavy atom. The molecule has 0 fully saturated rings. The highest BCUT2D eigenvalue weighted by Gasteiger charge is 2.17. The van der Waals surface area contributed by atoms with Crippen molar-refractivity contribution in [3.05, 3.63) is 77.7 Å². The van der Waals surface area contributed by atoms with E-state index in [2.05, 4.69) is 10.0 Å². The lowest BCUT2D eigenvalue weighted by Crippen LogP contribution is -2.23. The van der Waals surface area contributed by atoms with Crippen LogP contribution in [0.5, 0.6) is 5.75 Å². The van der Waals surface area contributed by atoms with Crippen LogP contribution in [0.25, 0.3) is 0 Å². The summed E-state index contributed by atoms with van der Waals surface area (Å²) in [5.74, 6) is 0.330. The Hall–Kier alpha value is -3.43. The highest BCUT2D eigenvalue weighted by atomic mass is 32.2. The van der Waals surface area contributed by atoms with E-state index in [1.54, 1.807) is 30.3 Å². The van der Waals surface area contributed by atoms with E-state index in [-0.39, 0.29) is 30.1 Å². The van der Waals surface area contributed by atoms with Crippen molar-refractivity contribution in [1.82, 2.24) is 4.72 Å². The number of benzene rings is 2. The normalized spacial score (nSPS) is 11.2. The van der Waals surface area contributed by atoms with Gasteiger partial charge >= 0.3 is 0 Å². The predicted octanol–water partition coefficient (Wildman–Crippen LogP) is 3.68. The van der Waals surface area contributed by atoms with Gasteiger partial charge in [-0.1, -0.05) is 17.7 Å². The summed E-state index contributed by atoms with van der Waals surface area (Å²) in [6.45, 7) is 1.88. The summed E-state index contributed by atoms with van der Waals surface area (Å²) in [4.78, 5) is 24.9. The summed E-state index contributed by atoms with van der Waals surface area (Å²) >= 11 is 0. The summed E-state index contributed by atoms with van der Waals surface area (Å²) in [6, 6.07) is 14.5. The Morgan fingerprint density at radius 3 is 2.56 bits per heavy atom. The van der Waals surface area contributed by atoms with Crippen molar-refractivity contribution >= 4 is 27.4 Å². The Bertz CT molecular complexity index is 1200. The van der Waals surface area contributed by atoms with Gasteiger partial charge in [0, 0.05) is 18.5 Å². The number of carbonyl (C=O) groups is 2. The van der Waals surface area contributed by atoms with Gasteiger partial charge in [-0.2, -0.15) is 0 Å². The summed E-state index contributed by atoms with van der Waals surface area (Å²) in [5.41, 5.74) is 1.66. The van der Waals surface area contributed by atoms with Crippen LogP contribution in [0.3, 0.4) is 0 Å². The molecule has 1 heterocycles. The van der Waals surface area contributed by atoms with Gasteiger partial charge in [-0.25, -0.2) is 13.1 Å². The van der Waals surface area contributed by atoms with Crippen LogP contribution in [0.15, 0.2) is 70.2 Å². The van der Waals surface area contributed by atoms with Gasteiger partial charge in [0.15, 0.2) is 5.78 Å². The van der Waals surface area contributed by atoms with Crippen molar-refractivity contribution < 1.29 is 27.2 Å². The van der Waals surface area contributed by atoms with Gasteiger partial charge in [0.1, 0.15) is 11.5 Å². The van der Waals surface area contributed by atoms with Gasteiger partial charge in [0.25, 0.3) is 0 Å². The molecule has 0 saturated heterocycles. The first-order valence-electron chi connectivity index (χ1n) is 9.88. The lowest BCUT2D eigenvalue weighted by Gasteiger charge is -2.10. The number of rotatable bonds is 10. The first-order chi connectivity index (χ1) is 15.3. The summed E-state index contributed by atoms with van der Waals surface area (Å²) in [6.07, 6.45) is 1.40. The molecule has 0 atom stereocenters. The molecule has 0 aliphatic heterocycles. The number of hydrogen-bond donors (Lipinski definition) is 2. The number of sulfonamides is 1. The van der Waals surface area contributed by atoms with E-state index < -0.39 is 15.9 Å². The molecule has 168 valence electrons. The average molecular weight is 457 g/mol. The minimum absolute atomic E-state index is 0.00225. The number of carbonyl (C=O) groups excluding carboxylic acids is 2. The molecule has 0 unspecified atom stereocenters. The number of Topliss-reactive ketones (excluding diaryl/α,β-unsaturated/α-hetero) is 1. The molecule has 2 N–H and O–H groups in total. The molecule has 2 aromatic carbocycles. The Balaban J connectivity index is 1.60. The zero-order valence-corrected chi connectivity index (χ0v) is 18.6. The fourth-order valence-electron chi connectivity index (χ4n) is 3.03. The number of aryl methyl sites for hydroxylation is 1. The van der Waals surface area contributed by atoms with Crippen molar-refractivity contribution in [3.63, 3.8) is 0 Å². The molecule has 0 saturated carbocycles. The summed E-state index contributed by atoms with van der Waals surface area (Å²) in [5, 5.41) is 2.64. The predicted molar refractivity (Wildman–Crippen MR) is 119 cm³/mol. The van der Waals surface area contributed by atoms with Gasteiger partial charge < -0.3 is 14.5 Å². The molecule has 3 rings (SSSR count). The quantitative estimate of drug-likeness (QED) is 0.450. The molecule has 1 aromatic heterocycles.